The quantitative estimate of drug-likeness (QED) is 0.107. The lowest BCUT2D eigenvalue weighted by molar-refractivity contribution is -0.119. The summed E-state index contributed by atoms with van der Waals surface area (Å²) in [7, 11) is 0. The van der Waals surface area contributed by atoms with Crippen molar-refractivity contribution in [2.75, 3.05) is 22.9 Å². The highest BCUT2D eigenvalue weighted by molar-refractivity contribution is 5.96. The lowest BCUT2D eigenvalue weighted by atomic mass is 9.85. The molecule has 0 aliphatic carbocycles. The van der Waals surface area contributed by atoms with Crippen LogP contribution in [0.25, 0.3) is 0 Å². The van der Waals surface area contributed by atoms with Crippen molar-refractivity contribution in [1.82, 2.24) is 0 Å². The van der Waals surface area contributed by atoms with E-state index in [1.54, 1.807) is 140 Å². The minimum atomic E-state index is -4.46. The first-order chi connectivity index (χ1) is 22.0. The van der Waals surface area contributed by atoms with Crippen LogP contribution in [0.2, 0.25) is 0 Å². The number of hydrogen-bond acceptors (Lipinski definition) is 3. The second-order valence-corrected chi connectivity index (χ2v) is 10.8. The zero-order valence-corrected chi connectivity index (χ0v) is 24.5. The molecule has 0 fully saturated rings. The van der Waals surface area contributed by atoms with Crippen molar-refractivity contribution in [3.63, 3.8) is 0 Å². The molecule has 0 unspecified atom stereocenters. The molecule has 0 radical (unpaired) electrons. The molecule has 0 amide bonds. The van der Waals surface area contributed by atoms with Gasteiger partial charge in [-0.25, -0.2) is 0 Å². The highest BCUT2D eigenvalue weighted by Crippen LogP contribution is 2.36. The molecule has 5 aromatic carbocycles. The average molecular weight is 633 g/mol. The molecule has 0 aliphatic rings. The number of alkyl halides is 6. The summed E-state index contributed by atoms with van der Waals surface area (Å²) < 4.78 is 81.3. The van der Waals surface area contributed by atoms with Crippen molar-refractivity contribution in [3.8, 4) is 0 Å². The molecule has 0 bridgehead atoms. The van der Waals surface area contributed by atoms with Gasteiger partial charge in [0.25, 0.3) is 0 Å². The summed E-state index contributed by atoms with van der Waals surface area (Å²) in [6.45, 7) is -2.38. The van der Waals surface area contributed by atoms with Crippen LogP contribution in [0.15, 0.2) is 140 Å². The molecule has 0 spiro atoms. The van der Waals surface area contributed by atoms with Gasteiger partial charge in [0.15, 0.2) is 5.78 Å². The molecule has 0 aliphatic heterocycles. The molecule has 0 heterocycles. The number of ketones is 1. The van der Waals surface area contributed by atoms with Crippen molar-refractivity contribution in [1.29, 1.82) is 0 Å². The minimum absolute atomic E-state index is 0.0403. The summed E-state index contributed by atoms with van der Waals surface area (Å²) in [5.74, 6) is -0.666. The number of Topliss-reactive ketones (excluding diaryl/α,β-unsaturated/α-hetero) is 1. The Morgan fingerprint density at radius 3 is 1.15 bits per heavy atom. The van der Waals surface area contributed by atoms with E-state index in [-0.39, 0.29) is 12.2 Å². The van der Waals surface area contributed by atoms with E-state index >= 15 is 0 Å². The van der Waals surface area contributed by atoms with Gasteiger partial charge in [-0.05, 0) is 59.7 Å². The molecule has 0 N–H and O–H groups in total. The number of carbonyl (C=O) groups excluding carboxylic acids is 1. The van der Waals surface area contributed by atoms with Crippen LogP contribution in [-0.2, 0) is 0 Å². The van der Waals surface area contributed by atoms with Gasteiger partial charge in [-0.3, -0.25) is 4.79 Å². The zero-order chi connectivity index (χ0) is 32.7. The van der Waals surface area contributed by atoms with Crippen molar-refractivity contribution < 1.29 is 31.1 Å². The Kier molecular flexibility index (Phi) is 9.80. The summed E-state index contributed by atoms with van der Waals surface area (Å²) in [6, 6.07) is 38.3. The van der Waals surface area contributed by atoms with Crippen molar-refractivity contribution >= 4 is 28.5 Å². The molecule has 0 aromatic heterocycles. The molecule has 46 heavy (non-hydrogen) atoms. The van der Waals surface area contributed by atoms with E-state index in [1.807, 2.05) is 0 Å². The summed E-state index contributed by atoms with van der Waals surface area (Å²) in [5, 5.41) is 0. The number of para-hydroxylation sites is 2. The van der Waals surface area contributed by atoms with E-state index in [2.05, 4.69) is 0 Å². The maximum absolute atomic E-state index is 13.6. The predicted molar refractivity (Wildman–Crippen MR) is 169 cm³/mol. The molecule has 9 heteroatoms. The largest absolute Gasteiger partial charge is 0.406 e. The summed E-state index contributed by atoms with van der Waals surface area (Å²) in [5.41, 5.74) is 3.25. The molecule has 5 rings (SSSR count). The van der Waals surface area contributed by atoms with Gasteiger partial charge < -0.3 is 9.80 Å². The van der Waals surface area contributed by atoms with Crippen molar-refractivity contribution in [2.45, 2.75) is 24.7 Å². The fraction of sp³-hybridized carbons (Fsp3) is 0.162. The van der Waals surface area contributed by atoms with E-state index in [9.17, 15) is 31.1 Å². The third-order valence-electron chi connectivity index (χ3n) is 7.51. The highest BCUT2D eigenvalue weighted by atomic mass is 19.4. The lowest BCUT2D eigenvalue weighted by Gasteiger charge is -2.27. The van der Waals surface area contributed by atoms with Gasteiger partial charge in [0.2, 0.25) is 0 Å². The van der Waals surface area contributed by atoms with Crippen molar-refractivity contribution in [3.05, 3.63) is 156 Å². The fourth-order valence-corrected chi connectivity index (χ4v) is 5.37. The topological polar surface area (TPSA) is 23.6 Å². The Balaban J connectivity index is 1.50. The van der Waals surface area contributed by atoms with Crippen LogP contribution in [0.1, 0.15) is 33.8 Å². The molecule has 0 atom stereocenters. The fourth-order valence-electron chi connectivity index (χ4n) is 5.37. The maximum atomic E-state index is 13.6. The molecule has 236 valence electrons. The predicted octanol–water partition coefficient (Wildman–Crippen LogP) is 10.5. The van der Waals surface area contributed by atoms with Gasteiger partial charge in [-0.15, -0.1) is 0 Å². The molecule has 0 saturated carbocycles. The molecule has 5 aromatic rings. The van der Waals surface area contributed by atoms with Crippen molar-refractivity contribution in [2.24, 2.45) is 0 Å². The van der Waals surface area contributed by atoms with Gasteiger partial charge >= 0.3 is 12.4 Å². The highest BCUT2D eigenvalue weighted by Gasteiger charge is 2.33. The Morgan fingerprint density at radius 2 is 0.804 bits per heavy atom. The van der Waals surface area contributed by atoms with Crippen LogP contribution >= 0.6 is 0 Å². The number of hydrogen-bond donors (Lipinski definition) is 0. The third-order valence-corrected chi connectivity index (χ3v) is 7.51. The number of nitrogens with zero attached hydrogens (tertiary/aromatic N) is 2. The van der Waals surface area contributed by atoms with Gasteiger partial charge in [0.1, 0.15) is 13.1 Å². The van der Waals surface area contributed by atoms with Crippen LogP contribution in [0, 0.1) is 0 Å². The Labute approximate surface area is 263 Å². The molecular weight excluding hydrogens is 602 g/mol. The lowest BCUT2D eigenvalue weighted by Crippen LogP contribution is -2.30. The number of benzene rings is 5. The van der Waals surface area contributed by atoms with E-state index in [1.165, 1.54) is 9.80 Å². The number of carbonyl (C=O) groups is 1. The van der Waals surface area contributed by atoms with Gasteiger partial charge in [0.05, 0.1) is 0 Å². The first-order valence-electron chi connectivity index (χ1n) is 14.5. The van der Waals surface area contributed by atoms with Gasteiger partial charge in [0, 0.05) is 40.7 Å². The standard InChI is InChI=1S/C37H30F6N2O/c38-36(39,40)25-44(30-12-6-2-7-13-30)32-20-16-27(17-21-32)34(24-35(46)29-10-4-1-5-11-29)28-18-22-33(23-19-28)45(26-37(41,42)43)31-14-8-3-9-15-31/h1-23,34H,24-26H2. The minimum Gasteiger partial charge on any atom is -0.332 e. The second kappa shape index (κ2) is 13.9. The van der Waals surface area contributed by atoms with E-state index in [4.69, 9.17) is 0 Å². The van der Waals surface area contributed by atoms with E-state index in [0.717, 1.165) is 0 Å². The van der Waals surface area contributed by atoms with Crippen LogP contribution in [-0.4, -0.2) is 31.2 Å². The molecule has 0 saturated heterocycles. The summed E-state index contributed by atoms with van der Waals surface area (Å²) >= 11 is 0. The number of halogens is 6. The normalized spacial score (nSPS) is 11.8. The first-order valence-corrected chi connectivity index (χ1v) is 14.5. The molecule has 3 nitrogen and oxygen atoms in total. The first kappa shape index (κ1) is 32.3. The summed E-state index contributed by atoms with van der Waals surface area (Å²) in [6.07, 6.45) is -8.88. The van der Waals surface area contributed by atoms with Crippen LogP contribution < -0.4 is 9.80 Å². The van der Waals surface area contributed by atoms with Crippen LogP contribution in [0.4, 0.5) is 49.1 Å². The summed E-state index contributed by atoms with van der Waals surface area (Å²) in [4.78, 5) is 15.7. The number of anilines is 4. The maximum Gasteiger partial charge on any atom is 0.406 e. The smallest absolute Gasteiger partial charge is 0.332 e. The Bertz CT molecular complexity index is 1590. The Hall–Kier alpha value is -5.05. The second-order valence-electron chi connectivity index (χ2n) is 10.8. The SMILES string of the molecule is O=C(CC(c1ccc(N(CC(F)(F)F)c2ccccc2)cc1)c1ccc(N(CC(F)(F)F)c2ccccc2)cc1)c1ccccc1. The van der Waals surface area contributed by atoms with E-state index < -0.39 is 31.4 Å². The van der Waals surface area contributed by atoms with Crippen LogP contribution in [0.5, 0.6) is 0 Å². The Morgan fingerprint density at radius 1 is 0.478 bits per heavy atom. The van der Waals surface area contributed by atoms with Crippen LogP contribution in [0.3, 0.4) is 0 Å². The molecular formula is C37H30F6N2O. The van der Waals surface area contributed by atoms with Gasteiger partial charge in [-0.1, -0.05) is 91.0 Å². The number of rotatable bonds is 11. The van der Waals surface area contributed by atoms with E-state index in [0.29, 0.717) is 39.4 Å². The average Bonchev–Trinajstić information content (AvgIpc) is 3.06. The third kappa shape index (κ3) is 8.56. The zero-order valence-electron chi connectivity index (χ0n) is 24.5. The van der Waals surface area contributed by atoms with Gasteiger partial charge in [-0.2, -0.15) is 26.3 Å². The monoisotopic (exact) mass is 632 g/mol.